The van der Waals surface area contributed by atoms with Crippen LogP contribution in [-0.2, 0) is 0 Å². The summed E-state index contributed by atoms with van der Waals surface area (Å²) in [5.41, 5.74) is 0.549. The molecule has 0 aromatic heterocycles. The summed E-state index contributed by atoms with van der Waals surface area (Å²) in [6, 6.07) is 2.66. The molecule has 1 aromatic rings. The predicted octanol–water partition coefficient (Wildman–Crippen LogP) is 1.41. The number of hydrogen-bond acceptors (Lipinski definition) is 3. The Bertz CT molecular complexity index is 344. The van der Waals surface area contributed by atoms with Gasteiger partial charge in [0.2, 0.25) is 0 Å². The van der Waals surface area contributed by atoms with Crippen molar-refractivity contribution in [3.05, 3.63) is 23.3 Å². The fourth-order valence-electron chi connectivity index (χ4n) is 1.01. The normalized spacial score (nSPS) is 9.69. The summed E-state index contributed by atoms with van der Waals surface area (Å²) >= 11 is 0. The minimum absolute atomic E-state index is 0.0365. The highest BCUT2D eigenvalue weighted by Crippen LogP contribution is 2.27. The van der Waals surface area contributed by atoms with E-state index in [0.29, 0.717) is 5.56 Å². The third-order valence-corrected chi connectivity index (χ3v) is 1.75. The van der Waals surface area contributed by atoms with E-state index in [1.165, 1.54) is 19.2 Å². The Morgan fingerprint density at radius 1 is 1.46 bits per heavy atom. The van der Waals surface area contributed by atoms with E-state index in [1.54, 1.807) is 6.92 Å². The Morgan fingerprint density at radius 2 is 2.08 bits per heavy atom. The number of rotatable bonds is 2. The summed E-state index contributed by atoms with van der Waals surface area (Å²) in [6.45, 7) is 1.67. The van der Waals surface area contributed by atoms with Crippen LogP contribution in [0.25, 0.3) is 0 Å². The lowest BCUT2D eigenvalue weighted by atomic mass is 10.1. The van der Waals surface area contributed by atoms with Crippen molar-refractivity contribution in [2.45, 2.75) is 6.92 Å². The maximum atomic E-state index is 10.7. The number of hydrogen-bond donors (Lipinski definition) is 2. The smallest absolute Gasteiger partial charge is 0.339 e. The molecule has 0 saturated carbocycles. The van der Waals surface area contributed by atoms with Crippen molar-refractivity contribution < 1.29 is 19.7 Å². The van der Waals surface area contributed by atoms with Crippen LogP contribution in [0.15, 0.2) is 12.1 Å². The molecule has 13 heavy (non-hydrogen) atoms. The van der Waals surface area contributed by atoms with Crippen molar-refractivity contribution in [2.75, 3.05) is 7.11 Å². The first-order valence-corrected chi connectivity index (χ1v) is 3.67. The summed E-state index contributed by atoms with van der Waals surface area (Å²) < 4.78 is 4.85. The van der Waals surface area contributed by atoms with E-state index >= 15 is 0 Å². The number of aromatic hydroxyl groups is 1. The van der Waals surface area contributed by atoms with Gasteiger partial charge in [-0.15, -0.1) is 0 Å². The number of aryl methyl sites for hydroxylation is 1. The highest BCUT2D eigenvalue weighted by Gasteiger charge is 2.13. The minimum Gasteiger partial charge on any atom is -0.508 e. The van der Waals surface area contributed by atoms with Gasteiger partial charge in [0.15, 0.2) is 0 Å². The summed E-state index contributed by atoms with van der Waals surface area (Å²) in [6.07, 6.45) is 0. The highest BCUT2D eigenvalue weighted by molar-refractivity contribution is 5.91. The molecule has 0 heterocycles. The first kappa shape index (κ1) is 9.38. The minimum atomic E-state index is -1.12. The third kappa shape index (κ3) is 1.72. The standard InChI is InChI=1S/C9H10O4/c1-5-3-8(13-2)6(9(11)12)4-7(5)10/h3-4,10H,1-2H3,(H,11,12). The molecule has 2 N–H and O–H groups in total. The van der Waals surface area contributed by atoms with Gasteiger partial charge in [-0.25, -0.2) is 4.79 Å². The molecular formula is C9H10O4. The molecule has 0 spiro atoms. The summed E-state index contributed by atoms with van der Waals surface area (Å²) in [4.78, 5) is 10.7. The van der Waals surface area contributed by atoms with Gasteiger partial charge >= 0.3 is 5.97 Å². The van der Waals surface area contributed by atoms with Crippen LogP contribution in [0.4, 0.5) is 0 Å². The quantitative estimate of drug-likeness (QED) is 0.725. The molecule has 0 radical (unpaired) electrons. The van der Waals surface area contributed by atoms with Crippen molar-refractivity contribution in [3.63, 3.8) is 0 Å². The van der Waals surface area contributed by atoms with E-state index in [9.17, 15) is 9.90 Å². The van der Waals surface area contributed by atoms with E-state index < -0.39 is 5.97 Å². The molecule has 0 aliphatic rings. The topological polar surface area (TPSA) is 66.8 Å². The van der Waals surface area contributed by atoms with Gasteiger partial charge in [0, 0.05) is 0 Å². The summed E-state index contributed by atoms with van der Waals surface area (Å²) in [7, 11) is 1.39. The van der Waals surface area contributed by atoms with Crippen LogP contribution in [0, 0.1) is 6.92 Å². The van der Waals surface area contributed by atoms with Crippen molar-refractivity contribution in [1.82, 2.24) is 0 Å². The number of phenols is 1. The number of ether oxygens (including phenoxy) is 1. The average molecular weight is 182 g/mol. The summed E-state index contributed by atoms with van der Waals surface area (Å²) in [5, 5.41) is 18.0. The van der Waals surface area contributed by atoms with Crippen molar-refractivity contribution in [1.29, 1.82) is 0 Å². The highest BCUT2D eigenvalue weighted by atomic mass is 16.5. The monoisotopic (exact) mass is 182 g/mol. The van der Waals surface area contributed by atoms with E-state index in [4.69, 9.17) is 9.84 Å². The molecule has 0 unspecified atom stereocenters. The van der Waals surface area contributed by atoms with Crippen LogP contribution in [-0.4, -0.2) is 23.3 Å². The largest absolute Gasteiger partial charge is 0.508 e. The number of carboxylic acid groups (broad SMARTS) is 1. The summed E-state index contributed by atoms with van der Waals surface area (Å²) in [5.74, 6) is -0.909. The molecular weight excluding hydrogens is 172 g/mol. The molecule has 70 valence electrons. The van der Waals surface area contributed by atoms with Gasteiger partial charge in [-0.1, -0.05) is 0 Å². The van der Waals surface area contributed by atoms with Crippen molar-refractivity contribution in [2.24, 2.45) is 0 Å². The Hall–Kier alpha value is -1.71. The molecule has 0 fully saturated rings. The molecule has 1 rings (SSSR count). The fourth-order valence-corrected chi connectivity index (χ4v) is 1.01. The van der Waals surface area contributed by atoms with Gasteiger partial charge < -0.3 is 14.9 Å². The lowest BCUT2D eigenvalue weighted by Crippen LogP contribution is -2.00. The molecule has 0 saturated heterocycles. The van der Waals surface area contributed by atoms with Crippen LogP contribution in [0.5, 0.6) is 11.5 Å². The Balaban J connectivity index is 3.33. The SMILES string of the molecule is COc1cc(C)c(O)cc1C(=O)O. The van der Waals surface area contributed by atoms with Crippen LogP contribution < -0.4 is 4.74 Å². The first-order valence-electron chi connectivity index (χ1n) is 3.67. The number of methoxy groups -OCH3 is 1. The number of carbonyl (C=O) groups is 1. The van der Waals surface area contributed by atoms with Gasteiger partial charge in [-0.05, 0) is 24.6 Å². The van der Waals surface area contributed by atoms with Crippen LogP contribution in [0.1, 0.15) is 15.9 Å². The van der Waals surface area contributed by atoms with E-state index in [1.807, 2.05) is 0 Å². The second-order valence-electron chi connectivity index (χ2n) is 2.64. The molecule has 4 heteroatoms. The van der Waals surface area contributed by atoms with Gasteiger partial charge in [0.1, 0.15) is 17.1 Å². The van der Waals surface area contributed by atoms with E-state index in [0.717, 1.165) is 0 Å². The lowest BCUT2D eigenvalue weighted by Gasteiger charge is -2.06. The van der Waals surface area contributed by atoms with Gasteiger partial charge in [-0.3, -0.25) is 0 Å². The van der Waals surface area contributed by atoms with Gasteiger partial charge in [0.05, 0.1) is 7.11 Å². The molecule has 0 aliphatic carbocycles. The fraction of sp³-hybridized carbons (Fsp3) is 0.222. The average Bonchev–Trinajstić information content (AvgIpc) is 2.08. The second kappa shape index (κ2) is 3.35. The van der Waals surface area contributed by atoms with Crippen molar-refractivity contribution >= 4 is 5.97 Å². The molecule has 4 nitrogen and oxygen atoms in total. The maximum absolute atomic E-state index is 10.7. The number of carboxylic acids is 1. The lowest BCUT2D eigenvalue weighted by molar-refractivity contribution is 0.0693. The van der Waals surface area contributed by atoms with E-state index in [-0.39, 0.29) is 17.1 Å². The first-order chi connectivity index (χ1) is 6.06. The second-order valence-corrected chi connectivity index (χ2v) is 2.64. The third-order valence-electron chi connectivity index (χ3n) is 1.75. The zero-order chi connectivity index (χ0) is 10.0. The number of phenolic OH excluding ortho intramolecular Hbond substituents is 1. The number of benzene rings is 1. The van der Waals surface area contributed by atoms with Crippen LogP contribution in [0.3, 0.4) is 0 Å². The predicted molar refractivity (Wildman–Crippen MR) is 46.4 cm³/mol. The Morgan fingerprint density at radius 3 is 2.54 bits per heavy atom. The number of aromatic carboxylic acids is 1. The molecule has 1 aromatic carbocycles. The Labute approximate surface area is 75.4 Å². The van der Waals surface area contributed by atoms with Crippen molar-refractivity contribution in [3.8, 4) is 11.5 Å². The van der Waals surface area contributed by atoms with Crippen LogP contribution >= 0.6 is 0 Å². The van der Waals surface area contributed by atoms with Crippen LogP contribution in [0.2, 0.25) is 0 Å². The van der Waals surface area contributed by atoms with Gasteiger partial charge in [0.25, 0.3) is 0 Å². The molecule has 0 atom stereocenters. The Kier molecular flexibility index (Phi) is 2.41. The zero-order valence-corrected chi connectivity index (χ0v) is 7.37. The van der Waals surface area contributed by atoms with E-state index in [2.05, 4.69) is 0 Å². The molecule has 0 amide bonds. The molecule has 0 aliphatic heterocycles. The maximum Gasteiger partial charge on any atom is 0.339 e. The molecule has 0 bridgehead atoms. The zero-order valence-electron chi connectivity index (χ0n) is 7.37. The van der Waals surface area contributed by atoms with Gasteiger partial charge in [-0.2, -0.15) is 0 Å².